The standard InChI is InChI=1S/C27H22ClF4NO/c28-23-6-3-15(10-22(23)27(30,31)32)26(34)8-2-14-1-7-25(24(29)9-14)33-12-20-16-4-5-17(21(20)13-33)19-11-18(16)19/h1-10,16-21H,11-13H2/b8-2+/t16-,17+,18+,19-,20-,21+. The number of alkyl halides is 3. The molecular weight excluding hydrogens is 466 g/mol. The summed E-state index contributed by atoms with van der Waals surface area (Å²) in [5.74, 6) is 3.14. The molecule has 176 valence electrons. The number of allylic oxidation sites excluding steroid dienone is 3. The SMILES string of the molecule is O=C(/C=C/c1ccc(N2C[C@@H]3[C@@H]4C=C[C@@H]([C@H]5C[C@@H]45)[C@@H]3C2)c(F)c1)c1ccc(Cl)c(C(F)(F)F)c1. The van der Waals surface area contributed by atoms with Crippen LogP contribution in [-0.2, 0) is 6.18 Å². The predicted octanol–water partition coefficient (Wildman–Crippen LogP) is 6.90. The van der Waals surface area contributed by atoms with Gasteiger partial charge in [0.25, 0.3) is 0 Å². The van der Waals surface area contributed by atoms with Crippen LogP contribution in [0.25, 0.3) is 6.08 Å². The molecule has 6 atom stereocenters. The van der Waals surface area contributed by atoms with Crippen LogP contribution >= 0.6 is 11.6 Å². The Kier molecular flexibility index (Phi) is 4.96. The maximum absolute atomic E-state index is 15.0. The minimum absolute atomic E-state index is 0.133. The Morgan fingerprint density at radius 2 is 1.65 bits per heavy atom. The van der Waals surface area contributed by atoms with E-state index in [1.54, 1.807) is 12.1 Å². The topological polar surface area (TPSA) is 20.3 Å². The molecule has 7 rings (SSSR count). The zero-order valence-electron chi connectivity index (χ0n) is 18.1. The number of halogens is 5. The zero-order valence-corrected chi connectivity index (χ0v) is 18.9. The molecule has 2 bridgehead atoms. The normalized spacial score (nSPS) is 31.1. The molecule has 4 aliphatic carbocycles. The lowest BCUT2D eigenvalue weighted by Crippen LogP contribution is -2.37. The van der Waals surface area contributed by atoms with E-state index in [1.807, 2.05) is 0 Å². The molecule has 0 radical (unpaired) electrons. The van der Waals surface area contributed by atoms with E-state index in [4.69, 9.17) is 11.6 Å². The van der Waals surface area contributed by atoms with Crippen molar-refractivity contribution >= 4 is 29.1 Å². The van der Waals surface area contributed by atoms with Crippen molar-refractivity contribution < 1.29 is 22.4 Å². The van der Waals surface area contributed by atoms with Crippen LogP contribution in [0.2, 0.25) is 5.02 Å². The highest BCUT2D eigenvalue weighted by Crippen LogP contribution is 2.65. The number of carbonyl (C=O) groups excluding carboxylic acids is 1. The molecule has 5 aliphatic rings. The van der Waals surface area contributed by atoms with Gasteiger partial charge in [-0.1, -0.05) is 35.9 Å². The minimum Gasteiger partial charge on any atom is -0.369 e. The van der Waals surface area contributed by atoms with Gasteiger partial charge in [-0.05, 0) is 83.9 Å². The van der Waals surface area contributed by atoms with E-state index in [0.29, 0.717) is 34.9 Å². The van der Waals surface area contributed by atoms with E-state index in [1.165, 1.54) is 24.6 Å². The number of nitrogens with zero attached hydrogens (tertiary/aromatic N) is 1. The summed E-state index contributed by atoms with van der Waals surface area (Å²) in [5.41, 5.74) is -0.153. The van der Waals surface area contributed by atoms with Crippen LogP contribution < -0.4 is 4.90 Å². The first-order valence-electron chi connectivity index (χ1n) is 11.5. The first-order chi connectivity index (χ1) is 16.2. The molecular formula is C27H22ClF4NO. The lowest BCUT2D eigenvalue weighted by molar-refractivity contribution is -0.137. The third-order valence-electron chi connectivity index (χ3n) is 8.13. The number of hydrogen-bond acceptors (Lipinski definition) is 2. The summed E-state index contributed by atoms with van der Waals surface area (Å²) in [6, 6.07) is 7.87. The lowest BCUT2D eigenvalue weighted by Gasteiger charge is -2.40. The quantitative estimate of drug-likeness (QED) is 0.202. The predicted molar refractivity (Wildman–Crippen MR) is 123 cm³/mol. The van der Waals surface area contributed by atoms with E-state index < -0.39 is 22.5 Å². The molecule has 7 heteroatoms. The molecule has 2 aromatic rings. The Morgan fingerprint density at radius 1 is 0.971 bits per heavy atom. The number of carbonyl (C=O) groups is 1. The first-order valence-corrected chi connectivity index (χ1v) is 11.9. The van der Waals surface area contributed by atoms with Crippen LogP contribution in [0.5, 0.6) is 0 Å². The second-order valence-corrected chi connectivity index (χ2v) is 10.3. The van der Waals surface area contributed by atoms with E-state index in [0.717, 1.165) is 43.1 Å². The van der Waals surface area contributed by atoms with Gasteiger partial charge < -0.3 is 4.90 Å². The van der Waals surface area contributed by atoms with Gasteiger partial charge >= 0.3 is 6.18 Å². The van der Waals surface area contributed by atoms with Gasteiger partial charge in [-0.3, -0.25) is 4.79 Å². The van der Waals surface area contributed by atoms with Crippen molar-refractivity contribution in [1.82, 2.24) is 0 Å². The third kappa shape index (κ3) is 3.58. The number of ketones is 1. The Hall–Kier alpha value is -2.60. The van der Waals surface area contributed by atoms with Crippen molar-refractivity contribution in [3.8, 4) is 0 Å². The maximum atomic E-state index is 15.0. The van der Waals surface area contributed by atoms with Gasteiger partial charge in [0.05, 0.1) is 16.3 Å². The molecule has 1 aliphatic heterocycles. The Bertz CT molecular complexity index is 1210. The molecule has 0 amide bonds. The molecule has 0 aromatic heterocycles. The molecule has 34 heavy (non-hydrogen) atoms. The van der Waals surface area contributed by atoms with Crippen molar-refractivity contribution in [3.63, 3.8) is 0 Å². The second kappa shape index (κ2) is 7.70. The summed E-state index contributed by atoms with van der Waals surface area (Å²) in [6.45, 7) is 1.73. The summed E-state index contributed by atoms with van der Waals surface area (Å²) in [7, 11) is 0. The van der Waals surface area contributed by atoms with Gasteiger partial charge in [0.2, 0.25) is 0 Å². The molecule has 2 nitrogen and oxygen atoms in total. The van der Waals surface area contributed by atoms with Gasteiger partial charge in [0.15, 0.2) is 5.78 Å². The Balaban J connectivity index is 1.17. The smallest absolute Gasteiger partial charge is 0.369 e. The van der Waals surface area contributed by atoms with Crippen LogP contribution in [0.1, 0.15) is 27.9 Å². The molecule has 0 spiro atoms. The number of benzene rings is 2. The van der Waals surface area contributed by atoms with Crippen LogP contribution in [-0.4, -0.2) is 18.9 Å². The molecule has 1 saturated heterocycles. The summed E-state index contributed by atoms with van der Waals surface area (Å²) in [6.07, 6.45) is 4.04. The Labute approximate surface area is 199 Å². The average Bonchev–Trinajstić information content (AvgIpc) is 3.49. The zero-order chi connectivity index (χ0) is 23.8. The number of hydrogen-bond donors (Lipinski definition) is 0. The van der Waals surface area contributed by atoms with Crippen LogP contribution in [0, 0.1) is 41.3 Å². The molecule has 0 N–H and O–H groups in total. The average molecular weight is 488 g/mol. The Morgan fingerprint density at radius 3 is 2.26 bits per heavy atom. The monoisotopic (exact) mass is 487 g/mol. The number of anilines is 1. The van der Waals surface area contributed by atoms with Crippen LogP contribution in [0.15, 0.2) is 54.6 Å². The van der Waals surface area contributed by atoms with Gasteiger partial charge in [-0.15, -0.1) is 0 Å². The molecule has 3 fully saturated rings. The van der Waals surface area contributed by atoms with E-state index >= 15 is 4.39 Å². The fourth-order valence-corrected chi connectivity index (χ4v) is 6.72. The highest BCUT2D eigenvalue weighted by molar-refractivity contribution is 6.31. The molecule has 1 heterocycles. The molecule has 0 unspecified atom stereocenters. The molecule has 2 aromatic carbocycles. The molecule has 2 saturated carbocycles. The lowest BCUT2D eigenvalue weighted by atomic mass is 9.64. The highest BCUT2D eigenvalue weighted by Gasteiger charge is 2.61. The maximum Gasteiger partial charge on any atom is 0.417 e. The van der Waals surface area contributed by atoms with E-state index in [-0.39, 0.29) is 11.4 Å². The third-order valence-corrected chi connectivity index (χ3v) is 8.46. The minimum atomic E-state index is -4.65. The van der Waals surface area contributed by atoms with Crippen molar-refractivity contribution in [2.75, 3.05) is 18.0 Å². The summed E-state index contributed by atoms with van der Waals surface area (Å²) in [5, 5.41) is -0.465. The summed E-state index contributed by atoms with van der Waals surface area (Å²) >= 11 is 5.61. The second-order valence-electron chi connectivity index (χ2n) is 9.94. The van der Waals surface area contributed by atoms with Gasteiger partial charge in [-0.2, -0.15) is 13.2 Å². The summed E-state index contributed by atoms with van der Waals surface area (Å²) in [4.78, 5) is 14.6. The van der Waals surface area contributed by atoms with Crippen molar-refractivity contribution in [2.45, 2.75) is 12.6 Å². The van der Waals surface area contributed by atoms with E-state index in [9.17, 15) is 18.0 Å². The number of rotatable bonds is 4. The fraction of sp³-hybridized carbons (Fsp3) is 0.370. The largest absolute Gasteiger partial charge is 0.417 e. The van der Waals surface area contributed by atoms with Crippen LogP contribution in [0.4, 0.5) is 23.2 Å². The van der Waals surface area contributed by atoms with Gasteiger partial charge in [0, 0.05) is 18.7 Å². The summed E-state index contributed by atoms with van der Waals surface area (Å²) < 4.78 is 54.2. The van der Waals surface area contributed by atoms with Crippen molar-refractivity contribution in [1.29, 1.82) is 0 Å². The van der Waals surface area contributed by atoms with Gasteiger partial charge in [0.1, 0.15) is 5.82 Å². The fourth-order valence-electron chi connectivity index (χ4n) is 6.50. The van der Waals surface area contributed by atoms with Crippen LogP contribution in [0.3, 0.4) is 0 Å². The van der Waals surface area contributed by atoms with Crippen molar-refractivity contribution in [2.24, 2.45) is 35.5 Å². The first kappa shape index (κ1) is 21.9. The van der Waals surface area contributed by atoms with Gasteiger partial charge in [-0.25, -0.2) is 4.39 Å². The van der Waals surface area contributed by atoms with E-state index in [2.05, 4.69) is 17.1 Å². The van der Waals surface area contributed by atoms with Crippen molar-refractivity contribution in [3.05, 3.63) is 82.2 Å². The highest BCUT2D eigenvalue weighted by atomic mass is 35.5.